The molecular weight excluding hydrogens is 342 g/mol. The number of hydrogen-bond acceptors (Lipinski definition) is 2. The molecule has 0 aliphatic heterocycles. The van der Waals surface area contributed by atoms with Crippen molar-refractivity contribution in [1.82, 2.24) is 5.32 Å². The molecule has 7 heteroatoms. The van der Waals surface area contributed by atoms with Gasteiger partial charge in [-0.3, -0.25) is 9.59 Å². The van der Waals surface area contributed by atoms with E-state index in [1.54, 1.807) is 6.92 Å². The summed E-state index contributed by atoms with van der Waals surface area (Å²) >= 11 is 11.6. The normalized spacial score (nSPS) is 10.3. The number of aryl methyl sites for hydroxylation is 1. The highest BCUT2D eigenvalue weighted by atomic mass is 35.5. The summed E-state index contributed by atoms with van der Waals surface area (Å²) < 4.78 is 13.0. The largest absolute Gasteiger partial charge is 0.343 e. The first kappa shape index (κ1) is 17.2. The van der Waals surface area contributed by atoms with Gasteiger partial charge in [-0.2, -0.15) is 0 Å². The second-order valence-corrected chi connectivity index (χ2v) is 5.63. The van der Waals surface area contributed by atoms with Gasteiger partial charge < -0.3 is 10.6 Å². The van der Waals surface area contributed by atoms with E-state index in [0.29, 0.717) is 21.8 Å². The molecule has 2 aromatic carbocycles. The summed E-state index contributed by atoms with van der Waals surface area (Å²) in [5.41, 5.74) is 1.37. The first-order valence-electron chi connectivity index (χ1n) is 6.66. The lowest BCUT2D eigenvalue weighted by molar-refractivity contribution is -0.115. The van der Waals surface area contributed by atoms with Crippen LogP contribution in [0.15, 0.2) is 36.4 Å². The number of rotatable bonds is 4. The molecule has 0 heterocycles. The van der Waals surface area contributed by atoms with E-state index in [0.717, 1.165) is 0 Å². The van der Waals surface area contributed by atoms with E-state index in [-0.39, 0.29) is 17.4 Å². The van der Waals surface area contributed by atoms with Crippen LogP contribution in [0.3, 0.4) is 0 Å². The van der Waals surface area contributed by atoms with Crippen molar-refractivity contribution in [3.05, 3.63) is 63.4 Å². The molecule has 0 unspecified atom stereocenters. The average Bonchev–Trinajstić information content (AvgIpc) is 2.50. The smallest absolute Gasteiger partial charge is 0.251 e. The van der Waals surface area contributed by atoms with E-state index in [1.807, 2.05) is 0 Å². The van der Waals surface area contributed by atoms with E-state index in [1.165, 1.54) is 36.4 Å². The molecular formula is C16H13Cl2FN2O2. The number of hydrogen-bond donors (Lipinski definition) is 2. The maximum Gasteiger partial charge on any atom is 0.251 e. The average molecular weight is 355 g/mol. The van der Waals surface area contributed by atoms with Crippen molar-refractivity contribution in [2.24, 2.45) is 0 Å². The minimum Gasteiger partial charge on any atom is -0.343 e. The van der Waals surface area contributed by atoms with Crippen molar-refractivity contribution in [2.45, 2.75) is 6.92 Å². The zero-order chi connectivity index (χ0) is 17.0. The van der Waals surface area contributed by atoms with Gasteiger partial charge in [-0.15, -0.1) is 0 Å². The predicted octanol–water partition coefficient (Wildman–Crippen LogP) is 3.81. The molecule has 0 bridgehead atoms. The molecule has 2 aromatic rings. The van der Waals surface area contributed by atoms with Gasteiger partial charge in [0, 0.05) is 11.3 Å². The molecule has 2 N–H and O–H groups in total. The fourth-order valence-electron chi connectivity index (χ4n) is 1.86. The van der Waals surface area contributed by atoms with E-state index >= 15 is 0 Å². The van der Waals surface area contributed by atoms with Crippen molar-refractivity contribution in [3.63, 3.8) is 0 Å². The Labute approximate surface area is 142 Å². The molecule has 4 nitrogen and oxygen atoms in total. The molecule has 0 saturated carbocycles. The van der Waals surface area contributed by atoms with Gasteiger partial charge in [-0.25, -0.2) is 4.39 Å². The van der Waals surface area contributed by atoms with Crippen LogP contribution >= 0.6 is 23.2 Å². The molecule has 2 amide bonds. The quantitative estimate of drug-likeness (QED) is 0.876. The fraction of sp³-hybridized carbons (Fsp3) is 0.125. The highest BCUT2D eigenvalue weighted by molar-refractivity contribution is 6.42. The summed E-state index contributed by atoms with van der Waals surface area (Å²) in [6.45, 7) is 1.45. The molecule has 0 aliphatic carbocycles. The molecule has 0 spiro atoms. The van der Waals surface area contributed by atoms with Crippen LogP contribution in [0.25, 0.3) is 0 Å². The number of amides is 2. The van der Waals surface area contributed by atoms with Gasteiger partial charge in [-0.05, 0) is 48.9 Å². The maximum atomic E-state index is 13.0. The Bertz CT molecular complexity index is 766. The van der Waals surface area contributed by atoms with Crippen molar-refractivity contribution >= 4 is 40.7 Å². The Morgan fingerprint density at radius 2 is 1.83 bits per heavy atom. The number of benzene rings is 2. The third kappa shape index (κ3) is 4.68. The van der Waals surface area contributed by atoms with Crippen molar-refractivity contribution in [3.8, 4) is 0 Å². The Kier molecular flexibility index (Phi) is 5.58. The lowest BCUT2D eigenvalue weighted by Crippen LogP contribution is -2.33. The van der Waals surface area contributed by atoms with Crippen LogP contribution in [0.2, 0.25) is 10.0 Å². The van der Waals surface area contributed by atoms with Gasteiger partial charge in [-0.1, -0.05) is 23.2 Å². The standard InChI is InChI=1S/C16H13Cl2FN2O2/c1-9-6-11(19)3-5-14(9)21-15(22)8-20-16(23)10-2-4-12(17)13(18)7-10/h2-7H,8H2,1H3,(H,20,23)(H,21,22). The molecule has 0 atom stereocenters. The number of carbonyl (C=O) groups is 2. The topological polar surface area (TPSA) is 58.2 Å². The number of nitrogens with one attached hydrogen (secondary N) is 2. The Balaban J connectivity index is 1.93. The molecule has 23 heavy (non-hydrogen) atoms. The monoisotopic (exact) mass is 354 g/mol. The minimum absolute atomic E-state index is 0.226. The van der Waals surface area contributed by atoms with E-state index < -0.39 is 11.8 Å². The third-order valence-corrected chi connectivity index (χ3v) is 3.79. The minimum atomic E-state index is -0.449. The first-order chi connectivity index (χ1) is 10.9. The molecule has 0 fully saturated rings. The summed E-state index contributed by atoms with van der Waals surface area (Å²) in [4.78, 5) is 23.8. The lowest BCUT2D eigenvalue weighted by atomic mass is 10.2. The van der Waals surface area contributed by atoms with Gasteiger partial charge in [0.05, 0.1) is 16.6 Å². The second kappa shape index (κ2) is 7.44. The first-order valence-corrected chi connectivity index (χ1v) is 7.41. The highest BCUT2D eigenvalue weighted by Crippen LogP contribution is 2.22. The van der Waals surface area contributed by atoms with Crippen molar-refractivity contribution in [2.75, 3.05) is 11.9 Å². The molecule has 0 aliphatic rings. The second-order valence-electron chi connectivity index (χ2n) is 4.82. The summed E-state index contributed by atoms with van der Waals surface area (Å²) in [5.74, 6) is -1.25. The van der Waals surface area contributed by atoms with Crippen LogP contribution in [0.1, 0.15) is 15.9 Å². The van der Waals surface area contributed by atoms with Crippen LogP contribution in [0.4, 0.5) is 10.1 Å². The van der Waals surface area contributed by atoms with Crippen LogP contribution in [0.5, 0.6) is 0 Å². The molecule has 0 radical (unpaired) electrons. The van der Waals surface area contributed by atoms with E-state index in [4.69, 9.17) is 23.2 Å². The Morgan fingerprint density at radius 1 is 1.09 bits per heavy atom. The SMILES string of the molecule is Cc1cc(F)ccc1NC(=O)CNC(=O)c1ccc(Cl)c(Cl)c1. The highest BCUT2D eigenvalue weighted by Gasteiger charge is 2.11. The van der Waals surface area contributed by atoms with Crippen molar-refractivity contribution < 1.29 is 14.0 Å². The zero-order valence-corrected chi connectivity index (χ0v) is 13.6. The van der Waals surface area contributed by atoms with Crippen molar-refractivity contribution in [1.29, 1.82) is 0 Å². The molecule has 0 aromatic heterocycles. The van der Waals surface area contributed by atoms with E-state index in [2.05, 4.69) is 10.6 Å². The van der Waals surface area contributed by atoms with Crippen LogP contribution in [0, 0.1) is 12.7 Å². The molecule has 120 valence electrons. The number of halogens is 3. The van der Waals surface area contributed by atoms with E-state index in [9.17, 15) is 14.0 Å². The fourth-order valence-corrected chi connectivity index (χ4v) is 2.16. The Morgan fingerprint density at radius 3 is 2.48 bits per heavy atom. The van der Waals surface area contributed by atoms with Gasteiger partial charge >= 0.3 is 0 Å². The number of anilines is 1. The lowest BCUT2D eigenvalue weighted by Gasteiger charge is -2.09. The molecule has 0 saturated heterocycles. The predicted molar refractivity (Wildman–Crippen MR) is 88.6 cm³/mol. The summed E-state index contributed by atoms with van der Waals surface area (Å²) in [6, 6.07) is 8.44. The van der Waals surface area contributed by atoms with Gasteiger partial charge in [0.25, 0.3) is 5.91 Å². The van der Waals surface area contributed by atoms with Crippen LogP contribution in [-0.4, -0.2) is 18.4 Å². The molecule has 2 rings (SSSR count). The maximum absolute atomic E-state index is 13.0. The zero-order valence-electron chi connectivity index (χ0n) is 12.1. The summed E-state index contributed by atoms with van der Waals surface area (Å²) in [7, 11) is 0. The van der Waals surface area contributed by atoms with Gasteiger partial charge in [0.15, 0.2) is 0 Å². The van der Waals surface area contributed by atoms with Gasteiger partial charge in [0.2, 0.25) is 5.91 Å². The number of carbonyl (C=O) groups excluding carboxylic acids is 2. The van der Waals surface area contributed by atoms with Crippen LogP contribution < -0.4 is 10.6 Å². The van der Waals surface area contributed by atoms with Crippen LogP contribution in [-0.2, 0) is 4.79 Å². The van der Waals surface area contributed by atoms with Gasteiger partial charge in [0.1, 0.15) is 5.82 Å². The Hall–Kier alpha value is -2.11. The summed E-state index contributed by atoms with van der Waals surface area (Å²) in [5, 5.41) is 5.66. The summed E-state index contributed by atoms with van der Waals surface area (Å²) in [6.07, 6.45) is 0. The third-order valence-electron chi connectivity index (χ3n) is 3.05.